The van der Waals surface area contributed by atoms with E-state index in [4.69, 9.17) is 0 Å². The molecule has 1 heterocycles. The molecule has 1 aromatic carbocycles. The fraction of sp³-hybridized carbons (Fsp3) is 0.214. The molecule has 2 aromatic rings. The number of anilines is 2. The van der Waals surface area contributed by atoms with Gasteiger partial charge < -0.3 is 10.6 Å². The number of carbonyl (C=O) groups excluding carboxylic acids is 1. The van der Waals surface area contributed by atoms with Crippen molar-refractivity contribution in [3.8, 4) is 0 Å². The molecule has 0 aliphatic heterocycles. The van der Waals surface area contributed by atoms with Crippen LogP contribution in [0.3, 0.4) is 0 Å². The zero-order valence-corrected chi connectivity index (χ0v) is 11.4. The van der Waals surface area contributed by atoms with E-state index in [9.17, 15) is 4.79 Å². The number of nitrogens with zero attached hydrogens (tertiary/aromatic N) is 2. The van der Waals surface area contributed by atoms with Gasteiger partial charge in [0.05, 0.1) is 6.20 Å². The summed E-state index contributed by atoms with van der Waals surface area (Å²) in [5, 5.41) is 8.50. The van der Waals surface area contributed by atoms with Crippen LogP contribution in [0.2, 0.25) is 0 Å². The maximum Gasteiger partial charge on any atom is 0.324 e. The fourth-order valence-corrected chi connectivity index (χ4v) is 1.66. The smallest absolute Gasteiger partial charge is 0.313 e. The molecule has 0 aliphatic rings. The van der Waals surface area contributed by atoms with E-state index in [1.807, 2.05) is 31.3 Å². The predicted molar refractivity (Wildman–Crippen MR) is 78.6 cm³/mol. The van der Waals surface area contributed by atoms with Crippen LogP contribution in [-0.2, 0) is 0 Å². The Balaban J connectivity index is 1.94. The van der Waals surface area contributed by atoms with Gasteiger partial charge in [-0.05, 0) is 31.7 Å². The van der Waals surface area contributed by atoms with Gasteiger partial charge in [0.25, 0.3) is 0 Å². The highest BCUT2D eigenvalue weighted by Crippen LogP contribution is 2.15. The van der Waals surface area contributed by atoms with Gasteiger partial charge in [0.2, 0.25) is 0 Å². The van der Waals surface area contributed by atoms with E-state index in [1.54, 1.807) is 6.20 Å². The van der Waals surface area contributed by atoms with Gasteiger partial charge in [-0.2, -0.15) is 0 Å². The van der Waals surface area contributed by atoms with E-state index in [1.165, 1.54) is 12.4 Å². The third kappa shape index (κ3) is 3.76. The van der Waals surface area contributed by atoms with Gasteiger partial charge in [-0.3, -0.25) is 10.3 Å². The summed E-state index contributed by atoms with van der Waals surface area (Å²) >= 11 is 0. The predicted octanol–water partition coefficient (Wildman–Crippen LogP) is 2.40. The number of hydrogen-bond acceptors (Lipinski definition) is 4. The van der Waals surface area contributed by atoms with Gasteiger partial charge >= 0.3 is 6.03 Å². The van der Waals surface area contributed by atoms with E-state index < -0.39 is 0 Å². The van der Waals surface area contributed by atoms with Crippen molar-refractivity contribution in [1.82, 2.24) is 15.3 Å². The number of nitrogens with one attached hydrogen (secondary N) is 3. The molecule has 2 amide bonds. The van der Waals surface area contributed by atoms with Crippen LogP contribution in [-0.4, -0.2) is 23.0 Å². The summed E-state index contributed by atoms with van der Waals surface area (Å²) in [6.07, 6.45) is 4.55. The van der Waals surface area contributed by atoms with E-state index in [0.717, 1.165) is 11.3 Å². The van der Waals surface area contributed by atoms with Crippen molar-refractivity contribution in [3.05, 3.63) is 48.4 Å². The van der Waals surface area contributed by atoms with Crippen LogP contribution < -0.4 is 16.0 Å². The van der Waals surface area contributed by atoms with E-state index >= 15 is 0 Å². The Morgan fingerprint density at radius 1 is 1.15 bits per heavy atom. The second-order valence-corrected chi connectivity index (χ2v) is 4.30. The zero-order chi connectivity index (χ0) is 14.4. The van der Waals surface area contributed by atoms with Crippen LogP contribution in [0.4, 0.5) is 16.3 Å². The van der Waals surface area contributed by atoms with Gasteiger partial charge in [0.1, 0.15) is 0 Å². The second kappa shape index (κ2) is 6.63. The number of rotatable bonds is 4. The van der Waals surface area contributed by atoms with Crippen LogP contribution in [0.5, 0.6) is 0 Å². The normalized spacial score (nSPS) is 11.7. The third-order valence-electron chi connectivity index (χ3n) is 2.91. The van der Waals surface area contributed by atoms with Gasteiger partial charge in [-0.15, -0.1) is 0 Å². The maximum absolute atomic E-state index is 11.8. The molecular formula is C14H17N5O. The lowest BCUT2D eigenvalue weighted by Gasteiger charge is -2.11. The number of urea groups is 1. The number of aromatic nitrogens is 2. The van der Waals surface area contributed by atoms with Crippen molar-refractivity contribution in [3.63, 3.8) is 0 Å². The lowest BCUT2D eigenvalue weighted by Crippen LogP contribution is -2.20. The van der Waals surface area contributed by atoms with E-state index in [-0.39, 0.29) is 12.1 Å². The van der Waals surface area contributed by atoms with Crippen molar-refractivity contribution in [2.75, 3.05) is 17.7 Å². The molecular weight excluding hydrogens is 254 g/mol. The van der Waals surface area contributed by atoms with E-state index in [2.05, 4.69) is 32.8 Å². The summed E-state index contributed by atoms with van der Waals surface area (Å²) in [6, 6.07) is 7.59. The second-order valence-electron chi connectivity index (χ2n) is 4.30. The Labute approximate surface area is 117 Å². The third-order valence-corrected chi connectivity index (χ3v) is 2.91. The molecule has 0 radical (unpaired) electrons. The Morgan fingerprint density at radius 3 is 2.50 bits per heavy atom. The van der Waals surface area contributed by atoms with Crippen LogP contribution in [0.15, 0.2) is 42.9 Å². The van der Waals surface area contributed by atoms with Crippen molar-refractivity contribution >= 4 is 17.5 Å². The summed E-state index contributed by atoms with van der Waals surface area (Å²) in [6.45, 7) is 2.07. The number of amides is 2. The molecule has 0 aliphatic carbocycles. The largest absolute Gasteiger partial charge is 0.324 e. The maximum atomic E-state index is 11.8. The van der Waals surface area contributed by atoms with Crippen molar-refractivity contribution < 1.29 is 4.79 Å². The highest BCUT2D eigenvalue weighted by Gasteiger charge is 2.05. The highest BCUT2D eigenvalue weighted by molar-refractivity contribution is 5.99. The first-order chi connectivity index (χ1) is 9.69. The molecule has 3 N–H and O–H groups in total. The minimum absolute atomic E-state index is 0.275. The lowest BCUT2D eigenvalue weighted by atomic mass is 10.1. The number of benzene rings is 1. The lowest BCUT2D eigenvalue weighted by molar-refractivity contribution is 0.262. The van der Waals surface area contributed by atoms with Crippen LogP contribution in [0.25, 0.3) is 0 Å². The summed E-state index contributed by atoms with van der Waals surface area (Å²) in [5.41, 5.74) is 1.88. The minimum atomic E-state index is -0.347. The molecule has 6 nitrogen and oxygen atoms in total. The first kappa shape index (κ1) is 14.0. The van der Waals surface area contributed by atoms with Gasteiger partial charge in [0, 0.05) is 24.1 Å². The van der Waals surface area contributed by atoms with Crippen LogP contribution >= 0.6 is 0 Å². The first-order valence-electron chi connectivity index (χ1n) is 6.30. The molecule has 6 heteroatoms. The standard InChI is InChI=1S/C14H17N5O/c1-10(15-2)11-3-5-12(6-4-11)18-14(20)19-13-9-16-7-8-17-13/h3-10,15H,1-2H3,(H2,17,18,19,20). The summed E-state index contributed by atoms with van der Waals surface area (Å²) in [5.74, 6) is 0.408. The summed E-state index contributed by atoms with van der Waals surface area (Å²) < 4.78 is 0. The molecule has 0 spiro atoms. The Bertz CT molecular complexity index is 556. The SMILES string of the molecule is CNC(C)c1ccc(NC(=O)Nc2cnccn2)cc1. The highest BCUT2D eigenvalue weighted by atomic mass is 16.2. The van der Waals surface area contributed by atoms with Crippen molar-refractivity contribution in [1.29, 1.82) is 0 Å². The molecule has 0 bridgehead atoms. The molecule has 0 saturated carbocycles. The Kier molecular flexibility index (Phi) is 4.62. The molecule has 0 saturated heterocycles. The summed E-state index contributed by atoms with van der Waals surface area (Å²) in [7, 11) is 1.91. The molecule has 2 rings (SSSR count). The zero-order valence-electron chi connectivity index (χ0n) is 11.4. The van der Waals surface area contributed by atoms with Crippen molar-refractivity contribution in [2.24, 2.45) is 0 Å². The van der Waals surface area contributed by atoms with Crippen molar-refractivity contribution in [2.45, 2.75) is 13.0 Å². The van der Waals surface area contributed by atoms with Gasteiger partial charge in [-0.1, -0.05) is 12.1 Å². The fourth-order valence-electron chi connectivity index (χ4n) is 1.66. The van der Waals surface area contributed by atoms with Gasteiger partial charge in [-0.25, -0.2) is 9.78 Å². The number of hydrogen-bond donors (Lipinski definition) is 3. The average Bonchev–Trinajstić information content (AvgIpc) is 2.48. The Hall–Kier alpha value is -2.47. The molecule has 1 unspecified atom stereocenters. The molecule has 0 fully saturated rings. The first-order valence-corrected chi connectivity index (χ1v) is 6.30. The molecule has 20 heavy (non-hydrogen) atoms. The summed E-state index contributed by atoms with van der Waals surface area (Å²) in [4.78, 5) is 19.6. The van der Waals surface area contributed by atoms with Gasteiger partial charge in [0.15, 0.2) is 5.82 Å². The molecule has 1 aromatic heterocycles. The quantitative estimate of drug-likeness (QED) is 0.797. The topological polar surface area (TPSA) is 78.9 Å². The Morgan fingerprint density at radius 2 is 1.90 bits per heavy atom. The molecule has 104 valence electrons. The van der Waals surface area contributed by atoms with Crippen LogP contribution in [0.1, 0.15) is 18.5 Å². The number of carbonyl (C=O) groups is 1. The average molecular weight is 271 g/mol. The van der Waals surface area contributed by atoms with E-state index in [0.29, 0.717) is 5.82 Å². The molecule has 1 atom stereocenters. The monoisotopic (exact) mass is 271 g/mol. The van der Waals surface area contributed by atoms with Crippen LogP contribution in [0, 0.1) is 0 Å². The minimum Gasteiger partial charge on any atom is -0.313 e.